The Morgan fingerprint density at radius 1 is 1.03 bits per heavy atom. The molecule has 0 aliphatic carbocycles. The predicted octanol–water partition coefficient (Wildman–Crippen LogP) is 3.78. The Morgan fingerprint density at radius 3 is 2.52 bits per heavy atom. The van der Waals surface area contributed by atoms with Gasteiger partial charge in [-0.3, -0.25) is 9.59 Å². The highest BCUT2D eigenvalue weighted by Gasteiger charge is 2.49. The van der Waals surface area contributed by atoms with Gasteiger partial charge in [-0.15, -0.1) is 0 Å². The van der Waals surface area contributed by atoms with Crippen LogP contribution in [0.3, 0.4) is 0 Å². The van der Waals surface area contributed by atoms with Crippen LogP contribution in [0.15, 0.2) is 54.6 Å². The molecule has 0 spiro atoms. The van der Waals surface area contributed by atoms with Crippen LogP contribution in [0.5, 0.6) is 5.75 Å². The van der Waals surface area contributed by atoms with E-state index in [1.807, 2.05) is 35.2 Å². The van der Waals surface area contributed by atoms with E-state index in [-0.39, 0.29) is 18.0 Å². The number of carbonyl (C=O) groups is 2. The molecule has 5 heteroatoms. The topological polar surface area (TPSA) is 49.9 Å². The summed E-state index contributed by atoms with van der Waals surface area (Å²) in [7, 11) is 1.63. The number of carbonyl (C=O) groups excluding carboxylic acids is 2. The van der Waals surface area contributed by atoms with Crippen molar-refractivity contribution in [2.24, 2.45) is 11.8 Å². The van der Waals surface area contributed by atoms with Gasteiger partial charge in [0.05, 0.1) is 7.11 Å². The summed E-state index contributed by atoms with van der Waals surface area (Å²) in [5, 5.41) is 0. The van der Waals surface area contributed by atoms with Crippen LogP contribution >= 0.6 is 0 Å². The van der Waals surface area contributed by atoms with Gasteiger partial charge >= 0.3 is 0 Å². The normalized spacial score (nSPS) is 27.6. The molecule has 3 saturated heterocycles. The van der Waals surface area contributed by atoms with Crippen LogP contribution in [0, 0.1) is 11.8 Å². The zero-order chi connectivity index (χ0) is 21.4. The third-order valence-electron chi connectivity index (χ3n) is 7.41. The summed E-state index contributed by atoms with van der Waals surface area (Å²) < 4.78 is 5.23. The molecule has 0 saturated carbocycles. The first-order chi connectivity index (χ1) is 15.1. The molecule has 2 amide bonds. The minimum Gasteiger partial charge on any atom is -0.497 e. The van der Waals surface area contributed by atoms with Gasteiger partial charge in [0, 0.05) is 37.2 Å². The van der Waals surface area contributed by atoms with Crippen molar-refractivity contribution in [2.45, 2.75) is 44.2 Å². The van der Waals surface area contributed by atoms with Gasteiger partial charge in [-0.1, -0.05) is 30.3 Å². The predicted molar refractivity (Wildman–Crippen MR) is 119 cm³/mol. The fraction of sp³-hybridized carbons (Fsp3) is 0.462. The Kier molecular flexibility index (Phi) is 5.43. The van der Waals surface area contributed by atoms with Gasteiger partial charge in [-0.05, 0) is 67.3 Å². The number of amides is 2. The number of hydrogen-bond donors (Lipinski definition) is 0. The van der Waals surface area contributed by atoms with Crippen LogP contribution in [-0.2, 0) is 11.2 Å². The standard InChI is InChI=1S/C26H30N2O3/c1-31-22-12-10-19(11-13-22)26(30)27-16-20-15-21(17-27)24(14-18-6-3-2-4-7-18)28-23(20)8-5-9-25(28)29/h2-4,6-7,10-13,20-21,23-24H,5,8-9,14-17H2,1H3/t20-,21+,23+,24+/m1/s1. The number of likely N-dealkylation sites (tertiary alicyclic amines) is 1. The molecule has 4 atom stereocenters. The first-order valence-electron chi connectivity index (χ1n) is 11.4. The maximum absolute atomic E-state index is 13.3. The van der Waals surface area contributed by atoms with Crippen molar-refractivity contribution in [3.8, 4) is 5.75 Å². The molecule has 0 unspecified atom stereocenters. The summed E-state index contributed by atoms with van der Waals surface area (Å²) >= 11 is 0. The molecule has 2 aromatic rings. The van der Waals surface area contributed by atoms with Crippen LogP contribution < -0.4 is 4.74 Å². The van der Waals surface area contributed by atoms with Crippen molar-refractivity contribution < 1.29 is 14.3 Å². The van der Waals surface area contributed by atoms with E-state index < -0.39 is 0 Å². The number of nitrogens with zero attached hydrogens (tertiary/aromatic N) is 2. The van der Waals surface area contributed by atoms with Crippen molar-refractivity contribution in [1.82, 2.24) is 9.80 Å². The molecule has 2 aromatic carbocycles. The zero-order valence-electron chi connectivity index (χ0n) is 18.1. The lowest BCUT2D eigenvalue weighted by Crippen LogP contribution is -2.66. The highest BCUT2D eigenvalue weighted by molar-refractivity contribution is 5.94. The summed E-state index contributed by atoms with van der Waals surface area (Å²) in [5.74, 6) is 1.84. The largest absolute Gasteiger partial charge is 0.497 e. The first-order valence-corrected chi connectivity index (χ1v) is 11.4. The smallest absolute Gasteiger partial charge is 0.253 e. The molecular formula is C26H30N2O3. The highest BCUT2D eigenvalue weighted by atomic mass is 16.5. The first kappa shape index (κ1) is 20.1. The van der Waals surface area contributed by atoms with Crippen molar-refractivity contribution in [3.63, 3.8) is 0 Å². The van der Waals surface area contributed by atoms with Crippen molar-refractivity contribution in [2.75, 3.05) is 20.2 Å². The van der Waals surface area contributed by atoms with E-state index in [4.69, 9.17) is 4.74 Å². The van der Waals surface area contributed by atoms with Crippen molar-refractivity contribution in [1.29, 1.82) is 0 Å². The van der Waals surface area contributed by atoms with Crippen LogP contribution in [0.4, 0.5) is 0 Å². The molecule has 0 aromatic heterocycles. The van der Waals surface area contributed by atoms with Crippen LogP contribution in [0.1, 0.15) is 41.6 Å². The molecule has 5 nitrogen and oxygen atoms in total. The number of benzene rings is 2. The van der Waals surface area contributed by atoms with Crippen LogP contribution in [0.25, 0.3) is 0 Å². The molecule has 162 valence electrons. The third-order valence-corrected chi connectivity index (χ3v) is 7.41. The Hall–Kier alpha value is -2.82. The average Bonchev–Trinajstić information content (AvgIpc) is 2.82. The summed E-state index contributed by atoms with van der Waals surface area (Å²) in [6.45, 7) is 1.46. The quantitative estimate of drug-likeness (QED) is 0.759. The molecule has 3 fully saturated rings. The van der Waals surface area contributed by atoms with Crippen molar-refractivity contribution >= 4 is 11.8 Å². The Balaban J connectivity index is 1.41. The van der Waals surface area contributed by atoms with Gasteiger partial charge in [-0.25, -0.2) is 0 Å². The Bertz CT molecular complexity index is 943. The number of hydrogen-bond acceptors (Lipinski definition) is 3. The van der Waals surface area contributed by atoms with Crippen LogP contribution in [-0.4, -0.2) is 53.9 Å². The third kappa shape index (κ3) is 3.82. The molecular weight excluding hydrogens is 388 g/mol. The molecule has 3 aliphatic heterocycles. The zero-order valence-corrected chi connectivity index (χ0v) is 18.1. The number of methoxy groups -OCH3 is 1. The summed E-state index contributed by atoms with van der Waals surface area (Å²) in [6.07, 6.45) is 4.66. The molecule has 3 aliphatic rings. The maximum Gasteiger partial charge on any atom is 0.253 e. The molecule has 2 bridgehead atoms. The van der Waals surface area contributed by atoms with Gasteiger partial charge in [0.15, 0.2) is 0 Å². The number of fused-ring (bicyclic) bond motifs is 4. The van der Waals surface area contributed by atoms with Crippen molar-refractivity contribution in [3.05, 3.63) is 65.7 Å². The monoisotopic (exact) mass is 418 g/mol. The minimum atomic E-state index is 0.0893. The SMILES string of the molecule is COc1ccc(C(=O)N2C[C@H]3C[C@@H](C2)[C@H](Cc2ccccc2)N2C(=O)CCC[C@@H]32)cc1. The van der Waals surface area contributed by atoms with E-state index >= 15 is 0 Å². The Labute approximate surface area is 184 Å². The average molecular weight is 419 g/mol. The molecule has 31 heavy (non-hydrogen) atoms. The maximum atomic E-state index is 13.3. The Morgan fingerprint density at radius 2 is 1.77 bits per heavy atom. The summed E-state index contributed by atoms with van der Waals surface area (Å²) in [5.41, 5.74) is 1.97. The molecule has 3 heterocycles. The van der Waals surface area contributed by atoms with Gasteiger partial charge in [0.1, 0.15) is 5.75 Å². The van der Waals surface area contributed by atoms with E-state index in [0.29, 0.717) is 29.7 Å². The van der Waals surface area contributed by atoms with E-state index in [1.165, 1.54) is 5.56 Å². The highest BCUT2D eigenvalue weighted by Crippen LogP contribution is 2.42. The summed E-state index contributed by atoms with van der Waals surface area (Å²) in [6, 6.07) is 18.3. The lowest BCUT2D eigenvalue weighted by Gasteiger charge is -2.56. The van der Waals surface area contributed by atoms with Gasteiger partial charge in [-0.2, -0.15) is 0 Å². The second kappa shape index (κ2) is 8.37. The number of ether oxygens (including phenoxy) is 1. The lowest BCUT2D eigenvalue weighted by atomic mass is 9.70. The second-order valence-electron chi connectivity index (χ2n) is 9.21. The second-order valence-corrected chi connectivity index (χ2v) is 9.21. The number of piperidine rings is 3. The van der Waals surface area contributed by atoms with E-state index in [2.05, 4.69) is 29.2 Å². The van der Waals surface area contributed by atoms with Gasteiger partial charge in [0.2, 0.25) is 5.91 Å². The molecule has 0 radical (unpaired) electrons. The minimum absolute atomic E-state index is 0.0893. The number of rotatable bonds is 4. The van der Waals surface area contributed by atoms with Gasteiger partial charge in [0.25, 0.3) is 5.91 Å². The summed E-state index contributed by atoms with van der Waals surface area (Å²) in [4.78, 5) is 30.6. The van der Waals surface area contributed by atoms with E-state index in [0.717, 1.165) is 44.5 Å². The fourth-order valence-electron chi connectivity index (χ4n) is 5.98. The van der Waals surface area contributed by atoms with E-state index in [9.17, 15) is 9.59 Å². The molecule has 5 rings (SSSR count). The fourth-order valence-corrected chi connectivity index (χ4v) is 5.98. The van der Waals surface area contributed by atoms with Crippen LogP contribution in [0.2, 0.25) is 0 Å². The van der Waals surface area contributed by atoms with E-state index in [1.54, 1.807) is 7.11 Å². The molecule has 0 N–H and O–H groups in total. The van der Waals surface area contributed by atoms with Gasteiger partial charge < -0.3 is 14.5 Å². The lowest BCUT2D eigenvalue weighted by molar-refractivity contribution is -0.151.